The molecule has 0 atom stereocenters. The molecule has 4 heteroatoms. The second-order valence-corrected chi connectivity index (χ2v) is 5.88. The summed E-state index contributed by atoms with van der Waals surface area (Å²) in [5.74, 6) is 0. The number of anilines is 1. The highest BCUT2D eigenvalue weighted by Gasteiger charge is 2.20. The van der Waals surface area contributed by atoms with Crippen LogP contribution >= 0.6 is 11.6 Å². The second kappa shape index (κ2) is 6.12. The number of para-hydroxylation sites is 1. The van der Waals surface area contributed by atoms with Crippen molar-refractivity contribution in [3.63, 3.8) is 0 Å². The molecule has 2 saturated heterocycles. The zero-order valence-electron chi connectivity index (χ0n) is 11.4. The maximum absolute atomic E-state index is 6.45. The molecular weight excluding hydrogens is 258 g/mol. The molecule has 1 aromatic rings. The Bertz CT molecular complexity index is 423. The first-order valence-corrected chi connectivity index (χ1v) is 7.68. The molecule has 2 aliphatic heterocycles. The molecule has 3 nitrogen and oxygen atoms in total. The van der Waals surface area contributed by atoms with Crippen LogP contribution in [0.15, 0.2) is 18.2 Å². The van der Waals surface area contributed by atoms with Gasteiger partial charge in [-0.25, -0.2) is 0 Å². The van der Waals surface area contributed by atoms with E-state index in [-0.39, 0.29) is 0 Å². The van der Waals surface area contributed by atoms with Gasteiger partial charge in [-0.3, -0.25) is 4.90 Å². The van der Waals surface area contributed by atoms with Crippen molar-refractivity contribution in [3.8, 4) is 0 Å². The van der Waals surface area contributed by atoms with Gasteiger partial charge in [0.1, 0.15) is 0 Å². The van der Waals surface area contributed by atoms with Crippen molar-refractivity contribution in [2.45, 2.75) is 19.4 Å². The first-order chi connectivity index (χ1) is 9.34. The molecule has 0 radical (unpaired) electrons. The Hall–Kier alpha value is -0.770. The van der Waals surface area contributed by atoms with Crippen LogP contribution < -0.4 is 10.2 Å². The summed E-state index contributed by atoms with van der Waals surface area (Å²) in [7, 11) is 0. The van der Waals surface area contributed by atoms with Crippen LogP contribution in [-0.2, 0) is 6.54 Å². The molecular formula is C15H22ClN3. The Kier molecular flexibility index (Phi) is 4.26. The number of piperazine rings is 1. The number of hydrogen-bond donors (Lipinski definition) is 1. The lowest BCUT2D eigenvalue weighted by Gasteiger charge is -2.30. The van der Waals surface area contributed by atoms with Gasteiger partial charge in [-0.2, -0.15) is 0 Å². The lowest BCUT2D eigenvalue weighted by molar-refractivity contribution is 0.233. The third-order valence-corrected chi connectivity index (χ3v) is 4.40. The quantitative estimate of drug-likeness (QED) is 0.916. The van der Waals surface area contributed by atoms with Gasteiger partial charge in [0.25, 0.3) is 0 Å². The molecule has 0 amide bonds. The average Bonchev–Trinajstić information content (AvgIpc) is 2.94. The maximum Gasteiger partial charge on any atom is 0.0642 e. The molecule has 2 heterocycles. The van der Waals surface area contributed by atoms with Crippen molar-refractivity contribution >= 4 is 17.3 Å². The van der Waals surface area contributed by atoms with Gasteiger partial charge >= 0.3 is 0 Å². The smallest absolute Gasteiger partial charge is 0.0642 e. The van der Waals surface area contributed by atoms with Crippen LogP contribution in [0.1, 0.15) is 18.4 Å². The minimum Gasteiger partial charge on any atom is -0.370 e. The van der Waals surface area contributed by atoms with Gasteiger partial charge in [-0.1, -0.05) is 23.7 Å². The first kappa shape index (κ1) is 13.2. The topological polar surface area (TPSA) is 18.5 Å². The minimum atomic E-state index is 0.912. The van der Waals surface area contributed by atoms with Crippen LogP contribution in [-0.4, -0.2) is 44.2 Å². The van der Waals surface area contributed by atoms with Crippen molar-refractivity contribution in [2.75, 3.05) is 44.2 Å². The van der Waals surface area contributed by atoms with E-state index in [2.05, 4.69) is 27.2 Å². The van der Waals surface area contributed by atoms with Crippen LogP contribution in [0.2, 0.25) is 5.02 Å². The van der Waals surface area contributed by atoms with Crippen molar-refractivity contribution in [1.29, 1.82) is 0 Å². The van der Waals surface area contributed by atoms with Crippen molar-refractivity contribution < 1.29 is 0 Å². The van der Waals surface area contributed by atoms with Gasteiger partial charge in [0, 0.05) is 45.8 Å². The summed E-state index contributed by atoms with van der Waals surface area (Å²) in [6.07, 6.45) is 2.58. The molecule has 19 heavy (non-hydrogen) atoms. The van der Waals surface area contributed by atoms with Crippen LogP contribution in [0.25, 0.3) is 0 Å². The largest absolute Gasteiger partial charge is 0.370 e. The van der Waals surface area contributed by atoms with Crippen molar-refractivity contribution in [3.05, 3.63) is 28.8 Å². The average molecular weight is 280 g/mol. The number of hydrogen-bond acceptors (Lipinski definition) is 3. The highest BCUT2D eigenvalue weighted by atomic mass is 35.5. The number of benzene rings is 1. The first-order valence-electron chi connectivity index (χ1n) is 7.30. The summed E-state index contributed by atoms with van der Waals surface area (Å²) in [4.78, 5) is 4.97. The van der Waals surface area contributed by atoms with Gasteiger partial charge in [-0.15, -0.1) is 0 Å². The summed E-state index contributed by atoms with van der Waals surface area (Å²) in [5, 5.41) is 4.32. The summed E-state index contributed by atoms with van der Waals surface area (Å²) < 4.78 is 0. The molecule has 0 bridgehead atoms. The summed E-state index contributed by atoms with van der Waals surface area (Å²) in [5.41, 5.74) is 2.66. The summed E-state index contributed by atoms with van der Waals surface area (Å²) in [6.45, 7) is 7.78. The molecule has 2 fully saturated rings. The van der Waals surface area contributed by atoms with E-state index in [1.165, 1.54) is 24.1 Å². The normalized spacial score (nSPS) is 21.0. The third kappa shape index (κ3) is 3.04. The summed E-state index contributed by atoms with van der Waals surface area (Å²) in [6, 6.07) is 6.34. The third-order valence-electron chi connectivity index (χ3n) is 4.10. The number of nitrogens with zero attached hydrogens (tertiary/aromatic N) is 2. The minimum absolute atomic E-state index is 0.912. The fraction of sp³-hybridized carbons (Fsp3) is 0.600. The number of rotatable bonds is 3. The lowest BCUT2D eigenvalue weighted by atomic mass is 10.1. The Morgan fingerprint density at radius 2 is 1.79 bits per heavy atom. The van der Waals surface area contributed by atoms with Crippen molar-refractivity contribution in [2.24, 2.45) is 0 Å². The molecule has 0 unspecified atom stereocenters. The van der Waals surface area contributed by atoms with Crippen LogP contribution in [0, 0.1) is 0 Å². The van der Waals surface area contributed by atoms with E-state index in [0.717, 1.165) is 50.8 Å². The van der Waals surface area contributed by atoms with E-state index in [9.17, 15) is 0 Å². The van der Waals surface area contributed by atoms with Gasteiger partial charge in [-0.05, 0) is 24.5 Å². The lowest BCUT2D eigenvalue weighted by Crippen LogP contribution is -2.43. The van der Waals surface area contributed by atoms with E-state index in [0.29, 0.717) is 0 Å². The van der Waals surface area contributed by atoms with Crippen LogP contribution in [0.4, 0.5) is 5.69 Å². The highest BCUT2D eigenvalue weighted by Crippen LogP contribution is 2.33. The second-order valence-electron chi connectivity index (χ2n) is 5.47. The zero-order valence-corrected chi connectivity index (χ0v) is 12.1. The van der Waals surface area contributed by atoms with E-state index >= 15 is 0 Å². The van der Waals surface area contributed by atoms with E-state index in [1.54, 1.807) is 0 Å². The SMILES string of the molecule is Clc1cccc(CN2CCNCC2)c1N1CCCC1. The maximum atomic E-state index is 6.45. The predicted molar refractivity (Wildman–Crippen MR) is 81.0 cm³/mol. The van der Waals surface area contributed by atoms with Gasteiger partial charge in [0.05, 0.1) is 10.7 Å². The van der Waals surface area contributed by atoms with Gasteiger partial charge in [0.2, 0.25) is 0 Å². The van der Waals surface area contributed by atoms with Gasteiger partial charge < -0.3 is 10.2 Å². The standard InChI is InChI=1S/C15H22ClN3/c16-14-5-3-4-13(12-18-10-6-17-7-11-18)15(14)19-8-1-2-9-19/h3-5,17H,1-2,6-12H2. The molecule has 0 aliphatic carbocycles. The van der Waals surface area contributed by atoms with Gasteiger partial charge in [0.15, 0.2) is 0 Å². The molecule has 2 aliphatic rings. The fourth-order valence-electron chi connectivity index (χ4n) is 3.09. The molecule has 1 N–H and O–H groups in total. The fourth-order valence-corrected chi connectivity index (χ4v) is 3.41. The molecule has 1 aromatic carbocycles. The highest BCUT2D eigenvalue weighted by molar-refractivity contribution is 6.33. The predicted octanol–water partition coefficient (Wildman–Crippen LogP) is 2.35. The Labute approximate surface area is 120 Å². The molecule has 0 aromatic heterocycles. The van der Waals surface area contributed by atoms with E-state index in [4.69, 9.17) is 11.6 Å². The van der Waals surface area contributed by atoms with E-state index < -0.39 is 0 Å². The molecule has 104 valence electrons. The monoisotopic (exact) mass is 279 g/mol. The Morgan fingerprint density at radius 3 is 2.53 bits per heavy atom. The molecule has 0 spiro atoms. The Balaban J connectivity index is 1.80. The zero-order chi connectivity index (χ0) is 13.1. The Morgan fingerprint density at radius 1 is 1.05 bits per heavy atom. The van der Waals surface area contributed by atoms with Crippen LogP contribution in [0.3, 0.4) is 0 Å². The number of halogens is 1. The van der Waals surface area contributed by atoms with Crippen LogP contribution in [0.5, 0.6) is 0 Å². The molecule has 3 rings (SSSR count). The van der Waals surface area contributed by atoms with Crippen molar-refractivity contribution in [1.82, 2.24) is 10.2 Å². The van der Waals surface area contributed by atoms with E-state index in [1.807, 2.05) is 6.07 Å². The summed E-state index contributed by atoms with van der Waals surface area (Å²) >= 11 is 6.45. The molecule has 0 saturated carbocycles. The number of nitrogens with one attached hydrogen (secondary N) is 1.